The molecule has 3 rings (SSSR count). The Morgan fingerprint density at radius 1 is 1.04 bits per heavy atom. The van der Waals surface area contributed by atoms with E-state index in [4.69, 9.17) is 14.3 Å². The fourth-order valence-corrected chi connectivity index (χ4v) is 2.16. The summed E-state index contributed by atoms with van der Waals surface area (Å²) in [4.78, 5) is 10.9. The Balaban J connectivity index is 1.92. The van der Waals surface area contributed by atoms with Crippen molar-refractivity contribution in [3.63, 3.8) is 0 Å². The maximum atomic E-state index is 10.9. The normalized spacial score (nSPS) is 10.5. The molecular weight excluding hydrogens is 296 g/mol. The van der Waals surface area contributed by atoms with Crippen LogP contribution in [0.4, 0.5) is 0 Å². The van der Waals surface area contributed by atoms with Crippen LogP contribution < -0.4 is 4.74 Å². The lowest BCUT2D eigenvalue weighted by atomic mass is 10.1. The number of aromatic carboxylic acids is 1. The van der Waals surface area contributed by atoms with Gasteiger partial charge in [0.15, 0.2) is 0 Å². The second-order valence-corrected chi connectivity index (χ2v) is 4.98. The van der Waals surface area contributed by atoms with Crippen molar-refractivity contribution in [1.29, 1.82) is 0 Å². The largest absolute Gasteiger partial charge is 0.496 e. The van der Waals surface area contributed by atoms with E-state index < -0.39 is 5.97 Å². The van der Waals surface area contributed by atoms with E-state index in [0.717, 1.165) is 16.9 Å². The molecule has 116 valence electrons. The van der Waals surface area contributed by atoms with Gasteiger partial charge in [0.05, 0.1) is 12.7 Å². The number of rotatable bonds is 4. The first-order chi connectivity index (χ1) is 11.1. The zero-order valence-corrected chi connectivity index (χ0v) is 12.6. The number of methoxy groups -OCH3 is 1. The van der Waals surface area contributed by atoms with Crippen molar-refractivity contribution in [2.24, 2.45) is 0 Å². The van der Waals surface area contributed by atoms with Crippen LogP contribution in [0.3, 0.4) is 0 Å². The van der Waals surface area contributed by atoms with Crippen LogP contribution in [-0.4, -0.2) is 28.4 Å². The Morgan fingerprint density at radius 3 is 2.26 bits per heavy atom. The van der Waals surface area contributed by atoms with Crippen molar-refractivity contribution >= 4 is 5.97 Å². The molecule has 1 N–H and O–H groups in total. The van der Waals surface area contributed by atoms with Crippen LogP contribution in [0.25, 0.3) is 22.9 Å². The van der Waals surface area contributed by atoms with Gasteiger partial charge in [-0.2, -0.15) is 0 Å². The molecule has 23 heavy (non-hydrogen) atoms. The summed E-state index contributed by atoms with van der Waals surface area (Å²) in [5.74, 6) is 0.472. The van der Waals surface area contributed by atoms with E-state index >= 15 is 0 Å². The third-order valence-corrected chi connectivity index (χ3v) is 3.46. The Bertz CT molecular complexity index is 853. The van der Waals surface area contributed by atoms with Crippen LogP contribution in [0.5, 0.6) is 5.75 Å². The van der Waals surface area contributed by atoms with Crippen LogP contribution in [0, 0.1) is 6.92 Å². The third-order valence-electron chi connectivity index (χ3n) is 3.46. The number of nitrogens with zero attached hydrogens (tertiary/aromatic N) is 2. The average Bonchev–Trinajstić information content (AvgIpc) is 3.05. The number of hydrogen-bond donors (Lipinski definition) is 1. The van der Waals surface area contributed by atoms with Gasteiger partial charge in [0.1, 0.15) is 5.75 Å². The fraction of sp³-hybridized carbons (Fsp3) is 0.118. The smallest absolute Gasteiger partial charge is 0.335 e. The first-order valence-electron chi connectivity index (χ1n) is 6.90. The highest BCUT2D eigenvalue weighted by Crippen LogP contribution is 2.28. The number of hydrogen-bond acceptors (Lipinski definition) is 5. The highest BCUT2D eigenvalue weighted by Gasteiger charge is 2.12. The monoisotopic (exact) mass is 310 g/mol. The summed E-state index contributed by atoms with van der Waals surface area (Å²) in [5.41, 5.74) is 2.64. The molecule has 0 bridgehead atoms. The molecule has 1 aromatic heterocycles. The van der Waals surface area contributed by atoms with Gasteiger partial charge < -0.3 is 14.3 Å². The summed E-state index contributed by atoms with van der Waals surface area (Å²) in [6.07, 6.45) is 0. The molecule has 0 unspecified atom stereocenters. The van der Waals surface area contributed by atoms with E-state index in [1.54, 1.807) is 19.2 Å². The summed E-state index contributed by atoms with van der Waals surface area (Å²) in [5, 5.41) is 17.0. The number of aryl methyl sites for hydroxylation is 1. The molecular formula is C17H14N2O4. The molecule has 0 saturated carbocycles. The van der Waals surface area contributed by atoms with E-state index in [-0.39, 0.29) is 5.56 Å². The second kappa shape index (κ2) is 5.92. The zero-order valence-electron chi connectivity index (χ0n) is 12.6. The predicted molar refractivity (Wildman–Crippen MR) is 83.4 cm³/mol. The molecule has 0 radical (unpaired) electrons. The minimum absolute atomic E-state index is 0.205. The van der Waals surface area contributed by atoms with Gasteiger partial charge in [0, 0.05) is 11.1 Å². The number of benzene rings is 2. The first-order valence-corrected chi connectivity index (χ1v) is 6.90. The third kappa shape index (κ3) is 2.91. The van der Waals surface area contributed by atoms with Crippen molar-refractivity contribution in [2.45, 2.75) is 6.92 Å². The molecule has 0 aliphatic rings. The molecule has 6 heteroatoms. The molecule has 0 aliphatic heterocycles. The molecule has 2 aromatic carbocycles. The molecule has 0 atom stereocenters. The number of carboxylic acid groups (broad SMARTS) is 1. The lowest BCUT2D eigenvalue weighted by Gasteiger charge is -2.04. The Morgan fingerprint density at radius 2 is 1.65 bits per heavy atom. The molecule has 0 fully saturated rings. The van der Waals surface area contributed by atoms with Gasteiger partial charge in [-0.15, -0.1) is 10.2 Å². The van der Waals surface area contributed by atoms with Gasteiger partial charge in [0.2, 0.25) is 11.8 Å². The van der Waals surface area contributed by atoms with Crippen LogP contribution >= 0.6 is 0 Å². The van der Waals surface area contributed by atoms with Gasteiger partial charge in [-0.3, -0.25) is 0 Å². The predicted octanol–water partition coefficient (Wildman–Crippen LogP) is 3.42. The SMILES string of the molecule is COc1cc(-c2nnc(-c3ccc(C(=O)O)cc3)o2)ccc1C. The van der Waals surface area contributed by atoms with Crippen LogP contribution in [-0.2, 0) is 0 Å². The number of aromatic nitrogens is 2. The topological polar surface area (TPSA) is 85.5 Å². The Labute approximate surface area is 132 Å². The summed E-state index contributed by atoms with van der Waals surface area (Å²) in [6.45, 7) is 1.95. The van der Waals surface area contributed by atoms with E-state index in [9.17, 15) is 4.79 Å². The molecule has 1 heterocycles. The van der Waals surface area contributed by atoms with E-state index in [2.05, 4.69) is 10.2 Å². The van der Waals surface area contributed by atoms with Gasteiger partial charge >= 0.3 is 5.97 Å². The summed E-state index contributed by atoms with van der Waals surface area (Å²) in [6, 6.07) is 11.9. The van der Waals surface area contributed by atoms with Gasteiger partial charge in [-0.05, 0) is 48.9 Å². The lowest BCUT2D eigenvalue weighted by molar-refractivity contribution is 0.0697. The second-order valence-electron chi connectivity index (χ2n) is 4.98. The first kappa shape index (κ1) is 14.8. The highest BCUT2D eigenvalue weighted by molar-refractivity contribution is 5.88. The van der Waals surface area contributed by atoms with Crippen molar-refractivity contribution < 1.29 is 19.1 Å². The van der Waals surface area contributed by atoms with Crippen LogP contribution in [0.1, 0.15) is 15.9 Å². The summed E-state index contributed by atoms with van der Waals surface area (Å²) >= 11 is 0. The van der Waals surface area contributed by atoms with Crippen molar-refractivity contribution in [1.82, 2.24) is 10.2 Å². The molecule has 3 aromatic rings. The van der Waals surface area contributed by atoms with Crippen molar-refractivity contribution in [3.05, 3.63) is 53.6 Å². The number of carboxylic acids is 1. The standard InChI is InChI=1S/C17H14N2O4/c1-10-3-4-13(9-14(10)22-2)16-19-18-15(23-16)11-5-7-12(8-6-11)17(20)21/h3-9H,1-2H3,(H,20,21). The van der Waals surface area contributed by atoms with Gasteiger partial charge in [-0.25, -0.2) is 4.79 Å². The van der Waals surface area contributed by atoms with Gasteiger partial charge in [-0.1, -0.05) is 6.07 Å². The summed E-state index contributed by atoms with van der Waals surface area (Å²) in [7, 11) is 1.61. The van der Waals surface area contributed by atoms with Crippen LogP contribution in [0.2, 0.25) is 0 Å². The number of ether oxygens (including phenoxy) is 1. The Hall–Kier alpha value is -3.15. The maximum absolute atomic E-state index is 10.9. The minimum Gasteiger partial charge on any atom is -0.496 e. The molecule has 0 amide bonds. The fourth-order valence-electron chi connectivity index (χ4n) is 2.16. The summed E-state index contributed by atoms with van der Waals surface area (Å²) < 4.78 is 11.0. The highest BCUT2D eigenvalue weighted by atomic mass is 16.5. The van der Waals surface area contributed by atoms with Crippen molar-refractivity contribution in [2.75, 3.05) is 7.11 Å². The quantitative estimate of drug-likeness (QED) is 0.794. The lowest BCUT2D eigenvalue weighted by Crippen LogP contribution is -1.94. The maximum Gasteiger partial charge on any atom is 0.335 e. The van der Waals surface area contributed by atoms with E-state index in [1.807, 2.05) is 25.1 Å². The minimum atomic E-state index is -0.977. The number of carbonyl (C=O) groups is 1. The van der Waals surface area contributed by atoms with Gasteiger partial charge in [0.25, 0.3) is 0 Å². The average molecular weight is 310 g/mol. The van der Waals surface area contributed by atoms with E-state index in [0.29, 0.717) is 17.3 Å². The molecule has 0 aliphatic carbocycles. The zero-order chi connectivity index (χ0) is 16.4. The molecule has 0 saturated heterocycles. The Kier molecular flexibility index (Phi) is 3.80. The molecule has 6 nitrogen and oxygen atoms in total. The van der Waals surface area contributed by atoms with Crippen LogP contribution in [0.15, 0.2) is 46.9 Å². The molecule has 0 spiro atoms. The van der Waals surface area contributed by atoms with Crippen molar-refractivity contribution in [3.8, 4) is 28.7 Å². The van der Waals surface area contributed by atoms with E-state index in [1.165, 1.54) is 12.1 Å².